The molecule has 202 valence electrons. The highest BCUT2D eigenvalue weighted by Crippen LogP contribution is 2.30. The molecule has 0 spiro atoms. The Labute approximate surface area is 225 Å². The van der Waals surface area contributed by atoms with Crippen molar-refractivity contribution in [2.24, 2.45) is 4.99 Å². The maximum Gasteiger partial charge on any atom is 0.274 e. The van der Waals surface area contributed by atoms with E-state index in [1.54, 1.807) is 17.0 Å². The van der Waals surface area contributed by atoms with E-state index in [4.69, 9.17) is 4.74 Å². The van der Waals surface area contributed by atoms with Gasteiger partial charge in [0, 0.05) is 62.7 Å². The van der Waals surface area contributed by atoms with Gasteiger partial charge in [-0.1, -0.05) is 12.1 Å². The van der Waals surface area contributed by atoms with Gasteiger partial charge in [-0.05, 0) is 47.4 Å². The summed E-state index contributed by atoms with van der Waals surface area (Å²) in [6.45, 7) is 4.58. The molecule has 2 fully saturated rings. The molecule has 8 nitrogen and oxygen atoms in total. The van der Waals surface area contributed by atoms with Crippen LogP contribution in [0.2, 0.25) is 0 Å². The van der Waals surface area contributed by atoms with Crippen LogP contribution in [0.25, 0.3) is 11.1 Å². The SMILES string of the molecule is O=C(Nc1ccc(N2CCC(F)(F)C2)nc1)C1=NCCc2ccc(-c3cncc(CN4CCOCC4)c3)cc21. The average Bonchev–Trinajstić information content (AvgIpc) is 3.33. The molecule has 1 aromatic carbocycles. The Kier molecular flexibility index (Phi) is 7.05. The van der Waals surface area contributed by atoms with E-state index in [1.807, 2.05) is 18.5 Å². The van der Waals surface area contributed by atoms with Gasteiger partial charge in [-0.15, -0.1) is 0 Å². The standard InChI is InChI=1S/C29H30F2N6O2/c30-29(31)6-8-37(19-29)26-4-3-24(17-34-26)35-28(38)27-25-14-22(2-1-21(25)5-7-33-27)23-13-20(15-32-16-23)18-36-9-11-39-12-10-36/h1-4,13-17H,5-12,18-19H2,(H,35,38). The second kappa shape index (κ2) is 10.8. The van der Waals surface area contributed by atoms with Gasteiger partial charge in [-0.25, -0.2) is 13.8 Å². The van der Waals surface area contributed by atoms with Gasteiger partial charge in [0.05, 0.1) is 31.6 Å². The molecule has 10 heteroatoms. The Hall–Kier alpha value is -3.76. The van der Waals surface area contributed by atoms with Crippen molar-refractivity contribution < 1.29 is 18.3 Å². The number of hydrogen-bond acceptors (Lipinski definition) is 7. The van der Waals surface area contributed by atoms with Crippen molar-refractivity contribution in [3.05, 3.63) is 71.7 Å². The van der Waals surface area contributed by atoms with Gasteiger partial charge < -0.3 is 15.0 Å². The molecule has 0 bridgehead atoms. The summed E-state index contributed by atoms with van der Waals surface area (Å²) in [5.41, 5.74) is 5.83. The van der Waals surface area contributed by atoms with Gasteiger partial charge >= 0.3 is 0 Å². The Balaban J connectivity index is 1.17. The van der Waals surface area contributed by atoms with E-state index in [2.05, 4.69) is 43.4 Å². The summed E-state index contributed by atoms with van der Waals surface area (Å²) in [5.74, 6) is -2.55. The van der Waals surface area contributed by atoms with Crippen molar-refractivity contribution in [1.82, 2.24) is 14.9 Å². The van der Waals surface area contributed by atoms with E-state index >= 15 is 0 Å². The van der Waals surface area contributed by atoms with Gasteiger partial charge in [0.1, 0.15) is 11.5 Å². The number of halogens is 2. The molecular formula is C29H30F2N6O2. The lowest BCUT2D eigenvalue weighted by Gasteiger charge is -2.26. The Morgan fingerprint density at radius 2 is 1.90 bits per heavy atom. The van der Waals surface area contributed by atoms with Crippen molar-refractivity contribution in [2.45, 2.75) is 25.3 Å². The first-order valence-electron chi connectivity index (χ1n) is 13.3. The number of rotatable bonds is 6. The molecule has 0 aliphatic carbocycles. The van der Waals surface area contributed by atoms with Crippen molar-refractivity contribution in [1.29, 1.82) is 0 Å². The molecule has 39 heavy (non-hydrogen) atoms. The molecule has 5 heterocycles. The number of alkyl halides is 2. The molecule has 3 aliphatic heterocycles. The molecule has 0 atom stereocenters. The van der Waals surface area contributed by atoms with Crippen LogP contribution in [-0.4, -0.2) is 78.3 Å². The van der Waals surface area contributed by atoms with Crippen molar-refractivity contribution in [3.8, 4) is 11.1 Å². The summed E-state index contributed by atoms with van der Waals surface area (Å²) in [4.78, 5) is 30.5. The Bertz CT molecular complexity index is 1390. The number of hydrogen-bond donors (Lipinski definition) is 1. The van der Waals surface area contributed by atoms with Crippen molar-refractivity contribution in [3.63, 3.8) is 0 Å². The van der Waals surface area contributed by atoms with Crippen LogP contribution in [0.5, 0.6) is 0 Å². The van der Waals surface area contributed by atoms with E-state index in [9.17, 15) is 13.6 Å². The van der Waals surface area contributed by atoms with Crippen LogP contribution in [0.1, 0.15) is 23.1 Å². The first-order chi connectivity index (χ1) is 18.9. The Morgan fingerprint density at radius 1 is 1.03 bits per heavy atom. The van der Waals surface area contributed by atoms with E-state index in [-0.39, 0.29) is 25.4 Å². The molecule has 3 aliphatic rings. The van der Waals surface area contributed by atoms with Crippen LogP contribution < -0.4 is 10.2 Å². The monoisotopic (exact) mass is 532 g/mol. The van der Waals surface area contributed by atoms with Crippen LogP contribution in [0.4, 0.5) is 20.3 Å². The largest absolute Gasteiger partial charge is 0.379 e. The maximum atomic E-state index is 13.6. The molecule has 0 saturated carbocycles. The summed E-state index contributed by atoms with van der Waals surface area (Å²) >= 11 is 0. The van der Waals surface area contributed by atoms with Crippen LogP contribution >= 0.6 is 0 Å². The van der Waals surface area contributed by atoms with Gasteiger partial charge in [-0.2, -0.15) is 0 Å². The fourth-order valence-corrected chi connectivity index (χ4v) is 5.28. The molecule has 6 rings (SSSR count). The highest BCUT2D eigenvalue weighted by Gasteiger charge is 2.38. The van der Waals surface area contributed by atoms with Crippen LogP contribution in [0.3, 0.4) is 0 Å². The number of fused-ring (bicyclic) bond motifs is 1. The molecule has 1 N–H and O–H groups in total. The topological polar surface area (TPSA) is 83.0 Å². The fourth-order valence-electron chi connectivity index (χ4n) is 5.28. The number of aromatic nitrogens is 2. The lowest BCUT2D eigenvalue weighted by atomic mass is 9.93. The molecule has 1 amide bonds. The summed E-state index contributed by atoms with van der Waals surface area (Å²) in [6.07, 6.45) is 5.82. The molecule has 2 saturated heterocycles. The predicted molar refractivity (Wildman–Crippen MR) is 146 cm³/mol. The number of nitrogens with one attached hydrogen (secondary N) is 1. The van der Waals surface area contributed by atoms with Crippen molar-refractivity contribution in [2.75, 3.05) is 56.2 Å². The number of anilines is 2. The predicted octanol–water partition coefficient (Wildman–Crippen LogP) is 3.81. The smallest absolute Gasteiger partial charge is 0.274 e. The third kappa shape index (κ3) is 5.81. The number of aliphatic imine (C=N–C) groups is 1. The van der Waals surface area contributed by atoms with Gasteiger partial charge in [0.25, 0.3) is 11.8 Å². The van der Waals surface area contributed by atoms with Crippen LogP contribution in [0, 0.1) is 0 Å². The molecule has 2 aromatic heterocycles. The number of pyridine rings is 2. The zero-order valence-corrected chi connectivity index (χ0v) is 21.6. The lowest BCUT2D eigenvalue weighted by molar-refractivity contribution is -0.110. The number of carbonyl (C=O) groups is 1. The minimum atomic E-state index is -2.69. The average molecular weight is 533 g/mol. The maximum absolute atomic E-state index is 13.6. The third-order valence-electron chi connectivity index (χ3n) is 7.37. The Morgan fingerprint density at radius 3 is 2.67 bits per heavy atom. The first kappa shape index (κ1) is 25.5. The minimum absolute atomic E-state index is 0.178. The van der Waals surface area contributed by atoms with Crippen molar-refractivity contribution >= 4 is 23.1 Å². The van der Waals surface area contributed by atoms with Crippen LogP contribution in [-0.2, 0) is 22.5 Å². The van der Waals surface area contributed by atoms with Gasteiger partial charge in [-0.3, -0.25) is 19.7 Å². The minimum Gasteiger partial charge on any atom is -0.379 e. The van der Waals surface area contributed by atoms with Gasteiger partial charge in [0.2, 0.25) is 0 Å². The van der Waals surface area contributed by atoms with E-state index in [0.29, 0.717) is 23.8 Å². The second-order valence-corrected chi connectivity index (χ2v) is 10.2. The number of carbonyl (C=O) groups excluding carboxylic acids is 1. The van der Waals surface area contributed by atoms with Gasteiger partial charge in [0.15, 0.2) is 0 Å². The molecule has 0 unspecified atom stereocenters. The lowest BCUT2D eigenvalue weighted by Crippen LogP contribution is -2.35. The normalized spacial score (nSPS) is 18.9. The summed E-state index contributed by atoms with van der Waals surface area (Å²) in [6, 6.07) is 11.6. The molecule has 0 radical (unpaired) electrons. The summed E-state index contributed by atoms with van der Waals surface area (Å²) in [5, 5.41) is 2.87. The second-order valence-electron chi connectivity index (χ2n) is 10.2. The number of morpholine rings is 1. The molecular weight excluding hydrogens is 502 g/mol. The third-order valence-corrected chi connectivity index (χ3v) is 7.37. The first-order valence-corrected chi connectivity index (χ1v) is 13.3. The summed E-state index contributed by atoms with van der Waals surface area (Å²) in [7, 11) is 0. The quantitative estimate of drug-likeness (QED) is 0.520. The fraction of sp³-hybridized carbons (Fsp3) is 0.379. The number of ether oxygens (including phenoxy) is 1. The zero-order chi connectivity index (χ0) is 26.8. The highest BCUT2D eigenvalue weighted by atomic mass is 19.3. The number of nitrogens with zero attached hydrogens (tertiary/aromatic N) is 5. The van der Waals surface area contributed by atoms with E-state index in [0.717, 1.165) is 67.1 Å². The summed E-state index contributed by atoms with van der Waals surface area (Å²) < 4.78 is 32.6. The zero-order valence-electron chi connectivity index (χ0n) is 21.6. The molecule has 3 aromatic rings. The number of benzene rings is 1. The highest BCUT2D eigenvalue weighted by molar-refractivity contribution is 6.49. The van der Waals surface area contributed by atoms with Crippen LogP contribution in [0.15, 0.2) is 60.0 Å². The van der Waals surface area contributed by atoms with E-state index in [1.165, 1.54) is 6.20 Å². The number of amides is 1. The van der Waals surface area contributed by atoms with E-state index < -0.39 is 5.92 Å².